The number of benzene rings is 1. The molecule has 1 fully saturated rings. The third-order valence-corrected chi connectivity index (χ3v) is 5.17. The molecule has 0 radical (unpaired) electrons. The molecule has 1 saturated heterocycles. The summed E-state index contributed by atoms with van der Waals surface area (Å²) in [4.78, 5) is 28.9. The van der Waals surface area contributed by atoms with Gasteiger partial charge in [-0.25, -0.2) is 0 Å². The van der Waals surface area contributed by atoms with E-state index in [2.05, 4.69) is 10.5 Å². The molecular formula is C20H24N4O4. The molecule has 28 heavy (non-hydrogen) atoms. The number of ether oxygens (including phenoxy) is 1. The number of aryl methyl sites for hydroxylation is 1. The number of nitrogens with one attached hydrogen (secondary N) is 1. The number of fused-ring (bicyclic) bond motifs is 1. The van der Waals surface area contributed by atoms with E-state index in [9.17, 15) is 9.59 Å². The lowest BCUT2D eigenvalue weighted by Crippen LogP contribution is -2.52. The molecule has 8 heteroatoms. The van der Waals surface area contributed by atoms with Crippen LogP contribution in [-0.4, -0.2) is 66.1 Å². The van der Waals surface area contributed by atoms with Crippen molar-refractivity contribution in [2.24, 2.45) is 5.92 Å². The molecule has 0 spiro atoms. The third kappa shape index (κ3) is 4.17. The number of carbonyl (C=O) groups excluding carboxylic acids is 2. The van der Waals surface area contributed by atoms with Crippen LogP contribution in [-0.2, 0) is 16.0 Å². The summed E-state index contributed by atoms with van der Waals surface area (Å²) in [5.74, 6) is 1.82. The van der Waals surface area contributed by atoms with Crippen LogP contribution in [0.15, 0.2) is 34.9 Å². The number of hydrogen-bond donors (Lipinski definition) is 1. The molecule has 148 valence electrons. The first kappa shape index (κ1) is 18.5. The minimum atomic E-state index is -0.139. The van der Waals surface area contributed by atoms with Gasteiger partial charge in [0, 0.05) is 32.2 Å². The number of para-hydroxylation sites is 1. The lowest BCUT2D eigenvalue weighted by molar-refractivity contribution is -0.138. The number of hydrogen-bond acceptors (Lipinski definition) is 6. The summed E-state index contributed by atoms with van der Waals surface area (Å²) in [6.07, 6.45) is 0.717. The second-order valence-electron chi connectivity index (χ2n) is 7.29. The molecule has 4 rings (SSSR count). The smallest absolute Gasteiger partial charge is 0.239 e. The predicted molar refractivity (Wildman–Crippen MR) is 102 cm³/mol. The molecular weight excluding hydrogens is 360 g/mol. The monoisotopic (exact) mass is 384 g/mol. The van der Waals surface area contributed by atoms with Gasteiger partial charge in [-0.2, -0.15) is 0 Å². The van der Waals surface area contributed by atoms with Crippen molar-refractivity contribution in [3.8, 4) is 5.75 Å². The van der Waals surface area contributed by atoms with Gasteiger partial charge in [0.2, 0.25) is 11.8 Å². The Morgan fingerprint density at radius 2 is 2.00 bits per heavy atom. The first-order valence-electron chi connectivity index (χ1n) is 9.53. The van der Waals surface area contributed by atoms with Crippen LogP contribution in [0.25, 0.3) is 0 Å². The van der Waals surface area contributed by atoms with Crippen LogP contribution in [0.2, 0.25) is 0 Å². The van der Waals surface area contributed by atoms with Crippen LogP contribution >= 0.6 is 0 Å². The fourth-order valence-corrected chi connectivity index (χ4v) is 3.68. The van der Waals surface area contributed by atoms with Crippen LogP contribution in [0.5, 0.6) is 5.75 Å². The zero-order chi connectivity index (χ0) is 19.5. The Hall–Kier alpha value is -2.87. The molecule has 1 N–H and O–H groups in total. The molecule has 3 heterocycles. The van der Waals surface area contributed by atoms with Crippen molar-refractivity contribution in [1.82, 2.24) is 15.0 Å². The molecule has 2 amide bonds. The predicted octanol–water partition coefficient (Wildman–Crippen LogP) is 1.32. The van der Waals surface area contributed by atoms with E-state index in [1.165, 1.54) is 0 Å². The lowest BCUT2D eigenvalue weighted by Gasteiger charge is -2.37. The van der Waals surface area contributed by atoms with Gasteiger partial charge < -0.3 is 19.5 Å². The molecule has 8 nitrogen and oxygen atoms in total. The van der Waals surface area contributed by atoms with Crippen molar-refractivity contribution < 1.29 is 18.8 Å². The van der Waals surface area contributed by atoms with Crippen molar-refractivity contribution in [3.63, 3.8) is 0 Å². The molecule has 2 aliphatic rings. The van der Waals surface area contributed by atoms with Crippen molar-refractivity contribution in [3.05, 3.63) is 41.7 Å². The molecule has 1 aromatic carbocycles. The molecule has 0 saturated carbocycles. The van der Waals surface area contributed by atoms with E-state index in [1.807, 2.05) is 34.1 Å². The van der Waals surface area contributed by atoms with E-state index >= 15 is 0 Å². The number of aromatic nitrogens is 1. The van der Waals surface area contributed by atoms with Crippen LogP contribution in [0, 0.1) is 12.8 Å². The van der Waals surface area contributed by atoms with Gasteiger partial charge in [0.05, 0.1) is 12.5 Å². The fourth-order valence-electron chi connectivity index (χ4n) is 3.68. The second-order valence-corrected chi connectivity index (χ2v) is 7.29. The SMILES string of the molecule is Cc1cc(NC(=O)CN2CCN(C(=O)C3COc4ccccc4C3)CC2)no1. The maximum absolute atomic E-state index is 12.9. The van der Waals surface area contributed by atoms with Gasteiger partial charge in [-0.15, -0.1) is 0 Å². The number of amides is 2. The Morgan fingerprint density at radius 1 is 1.21 bits per heavy atom. The maximum atomic E-state index is 12.9. The van der Waals surface area contributed by atoms with Crippen molar-refractivity contribution in [2.45, 2.75) is 13.3 Å². The Morgan fingerprint density at radius 3 is 2.75 bits per heavy atom. The van der Waals surface area contributed by atoms with E-state index < -0.39 is 0 Å². The van der Waals surface area contributed by atoms with Crippen LogP contribution < -0.4 is 10.1 Å². The van der Waals surface area contributed by atoms with Crippen LogP contribution in [0.3, 0.4) is 0 Å². The van der Waals surface area contributed by atoms with Crippen molar-refractivity contribution in [1.29, 1.82) is 0 Å². The van der Waals surface area contributed by atoms with Gasteiger partial charge in [-0.1, -0.05) is 23.4 Å². The van der Waals surface area contributed by atoms with Crippen LogP contribution in [0.1, 0.15) is 11.3 Å². The number of rotatable bonds is 4. The van der Waals surface area contributed by atoms with E-state index in [0.29, 0.717) is 44.4 Å². The highest BCUT2D eigenvalue weighted by atomic mass is 16.5. The van der Waals surface area contributed by atoms with Crippen molar-refractivity contribution in [2.75, 3.05) is 44.6 Å². The van der Waals surface area contributed by atoms with Gasteiger partial charge in [-0.05, 0) is 25.0 Å². The highest BCUT2D eigenvalue weighted by Gasteiger charge is 2.31. The summed E-state index contributed by atoms with van der Waals surface area (Å²) in [6, 6.07) is 9.56. The summed E-state index contributed by atoms with van der Waals surface area (Å²) in [5.41, 5.74) is 1.09. The molecule has 0 aliphatic carbocycles. The van der Waals surface area contributed by atoms with Crippen molar-refractivity contribution >= 4 is 17.6 Å². The zero-order valence-electron chi connectivity index (χ0n) is 15.9. The second kappa shape index (κ2) is 8.02. The minimum Gasteiger partial charge on any atom is -0.492 e. The van der Waals surface area contributed by atoms with Crippen LogP contribution in [0.4, 0.5) is 5.82 Å². The number of anilines is 1. The van der Waals surface area contributed by atoms with Gasteiger partial charge >= 0.3 is 0 Å². The zero-order valence-corrected chi connectivity index (χ0v) is 15.9. The van der Waals surface area contributed by atoms with E-state index in [1.54, 1.807) is 13.0 Å². The number of nitrogens with zero attached hydrogens (tertiary/aromatic N) is 3. The molecule has 1 aromatic heterocycles. The fraction of sp³-hybridized carbons (Fsp3) is 0.450. The Kier molecular flexibility index (Phi) is 5.29. The molecule has 1 atom stereocenters. The lowest BCUT2D eigenvalue weighted by atomic mass is 9.95. The summed E-state index contributed by atoms with van der Waals surface area (Å²) >= 11 is 0. The Balaban J connectivity index is 1.25. The highest BCUT2D eigenvalue weighted by Crippen LogP contribution is 2.27. The highest BCUT2D eigenvalue weighted by molar-refractivity contribution is 5.91. The summed E-state index contributed by atoms with van der Waals surface area (Å²) in [5, 5.41) is 6.48. The van der Waals surface area contributed by atoms with Gasteiger partial charge in [0.1, 0.15) is 18.1 Å². The van der Waals surface area contributed by atoms with E-state index in [-0.39, 0.29) is 24.3 Å². The first-order chi connectivity index (χ1) is 13.6. The van der Waals surface area contributed by atoms with Gasteiger partial charge in [0.25, 0.3) is 0 Å². The van der Waals surface area contributed by atoms with Gasteiger partial charge in [-0.3, -0.25) is 14.5 Å². The molecule has 2 aromatic rings. The average Bonchev–Trinajstić information content (AvgIpc) is 3.12. The summed E-state index contributed by atoms with van der Waals surface area (Å²) in [7, 11) is 0. The molecule has 0 bridgehead atoms. The Labute approximate surface area is 163 Å². The van der Waals surface area contributed by atoms with Gasteiger partial charge in [0.15, 0.2) is 5.82 Å². The van der Waals surface area contributed by atoms with E-state index in [0.717, 1.165) is 17.7 Å². The quantitative estimate of drug-likeness (QED) is 0.855. The first-order valence-corrected chi connectivity index (χ1v) is 9.53. The minimum absolute atomic E-state index is 0.134. The van der Waals surface area contributed by atoms with E-state index in [4.69, 9.17) is 9.26 Å². The topological polar surface area (TPSA) is 87.9 Å². The number of carbonyl (C=O) groups is 2. The maximum Gasteiger partial charge on any atom is 0.239 e. The molecule has 1 unspecified atom stereocenters. The molecule has 2 aliphatic heterocycles. The summed E-state index contributed by atoms with van der Waals surface area (Å²) in [6.45, 7) is 5.04. The standard InChI is InChI=1S/C20H24N4O4/c1-14-10-18(22-28-14)21-19(25)12-23-6-8-24(9-7-23)20(26)16-11-15-4-2-3-5-17(15)27-13-16/h2-5,10,16H,6-9,11-13H2,1H3,(H,21,22,25). The largest absolute Gasteiger partial charge is 0.492 e. The normalized spacial score (nSPS) is 19.6. The third-order valence-electron chi connectivity index (χ3n) is 5.17. The summed E-state index contributed by atoms with van der Waals surface area (Å²) < 4.78 is 10.7. The Bertz CT molecular complexity index is 857. The number of piperazine rings is 1. The average molecular weight is 384 g/mol.